The Morgan fingerprint density at radius 3 is 2.60 bits per heavy atom. The minimum atomic E-state index is -0.432. The number of anilines is 1. The van der Waals surface area contributed by atoms with Crippen molar-refractivity contribution in [3.05, 3.63) is 46.5 Å². The second-order valence-corrected chi connectivity index (χ2v) is 5.06. The molecule has 20 heavy (non-hydrogen) atoms. The van der Waals surface area contributed by atoms with Crippen LogP contribution < -0.4 is 5.32 Å². The topological polar surface area (TPSA) is 72.2 Å². The van der Waals surface area contributed by atoms with E-state index in [1.165, 1.54) is 0 Å². The standard InChI is InChI=1S/C15H14N2O3/c18-15(11-5-3-6-11)16-13-9-8-10-4-1-2-7-12(10)14(13)17(19)20/h1-2,4,7-9,11H,3,5-6H2,(H,16,18). The summed E-state index contributed by atoms with van der Waals surface area (Å²) in [6.45, 7) is 0. The molecule has 1 aliphatic carbocycles. The number of rotatable bonds is 3. The lowest BCUT2D eigenvalue weighted by atomic mass is 9.85. The van der Waals surface area contributed by atoms with Gasteiger partial charge in [-0.05, 0) is 30.4 Å². The van der Waals surface area contributed by atoms with Crippen LogP contribution in [-0.2, 0) is 4.79 Å². The van der Waals surface area contributed by atoms with Crippen molar-refractivity contribution in [3.63, 3.8) is 0 Å². The van der Waals surface area contributed by atoms with E-state index in [4.69, 9.17) is 0 Å². The lowest BCUT2D eigenvalue weighted by molar-refractivity contribution is -0.382. The van der Waals surface area contributed by atoms with Crippen molar-refractivity contribution in [1.29, 1.82) is 0 Å². The Balaban J connectivity index is 2.03. The van der Waals surface area contributed by atoms with Crippen LogP contribution in [0, 0.1) is 16.0 Å². The molecule has 2 aromatic rings. The fourth-order valence-corrected chi connectivity index (χ4v) is 2.46. The van der Waals surface area contributed by atoms with Gasteiger partial charge in [-0.15, -0.1) is 0 Å². The molecule has 0 atom stereocenters. The zero-order valence-electron chi connectivity index (χ0n) is 10.8. The number of nitrogens with zero attached hydrogens (tertiary/aromatic N) is 1. The first-order chi connectivity index (χ1) is 9.66. The van der Waals surface area contributed by atoms with E-state index < -0.39 is 4.92 Å². The van der Waals surface area contributed by atoms with Gasteiger partial charge >= 0.3 is 0 Å². The summed E-state index contributed by atoms with van der Waals surface area (Å²) in [6.07, 6.45) is 2.79. The van der Waals surface area contributed by atoms with Crippen LogP contribution in [0.1, 0.15) is 19.3 Å². The molecule has 2 aromatic carbocycles. The molecular weight excluding hydrogens is 256 g/mol. The minimum Gasteiger partial charge on any atom is -0.320 e. The summed E-state index contributed by atoms with van der Waals surface area (Å²) in [7, 11) is 0. The molecule has 0 spiro atoms. The lowest BCUT2D eigenvalue weighted by Crippen LogP contribution is -2.28. The van der Waals surface area contributed by atoms with Gasteiger partial charge in [-0.2, -0.15) is 0 Å². The van der Waals surface area contributed by atoms with Gasteiger partial charge in [0.05, 0.1) is 10.3 Å². The first-order valence-electron chi connectivity index (χ1n) is 6.64. The molecule has 102 valence electrons. The number of nitrogens with one attached hydrogen (secondary N) is 1. The van der Waals surface area contributed by atoms with E-state index in [-0.39, 0.29) is 23.2 Å². The summed E-state index contributed by atoms with van der Waals surface area (Å²) in [5.74, 6) is -0.115. The number of amides is 1. The molecule has 0 aromatic heterocycles. The predicted molar refractivity (Wildman–Crippen MR) is 76.6 cm³/mol. The fourth-order valence-electron chi connectivity index (χ4n) is 2.46. The molecule has 1 amide bonds. The zero-order valence-corrected chi connectivity index (χ0v) is 10.8. The molecular formula is C15H14N2O3. The van der Waals surface area contributed by atoms with Gasteiger partial charge in [0.2, 0.25) is 5.91 Å². The molecule has 3 rings (SSSR count). The number of benzene rings is 2. The van der Waals surface area contributed by atoms with Crippen molar-refractivity contribution >= 4 is 28.1 Å². The van der Waals surface area contributed by atoms with Crippen molar-refractivity contribution in [2.45, 2.75) is 19.3 Å². The van der Waals surface area contributed by atoms with E-state index in [1.54, 1.807) is 24.3 Å². The Labute approximate surface area is 115 Å². The third-order valence-corrected chi connectivity index (χ3v) is 3.82. The van der Waals surface area contributed by atoms with E-state index in [1.807, 2.05) is 12.1 Å². The Kier molecular flexibility index (Phi) is 3.10. The van der Waals surface area contributed by atoms with Crippen LogP contribution in [0.15, 0.2) is 36.4 Å². The molecule has 1 N–H and O–H groups in total. The second-order valence-electron chi connectivity index (χ2n) is 5.06. The van der Waals surface area contributed by atoms with Crippen molar-refractivity contribution < 1.29 is 9.72 Å². The third kappa shape index (κ3) is 2.11. The number of carbonyl (C=O) groups excluding carboxylic acids is 1. The van der Waals surface area contributed by atoms with Crippen LogP contribution in [0.2, 0.25) is 0 Å². The average Bonchev–Trinajstić information content (AvgIpc) is 2.35. The maximum atomic E-state index is 12.0. The molecule has 0 radical (unpaired) electrons. The predicted octanol–water partition coefficient (Wildman–Crippen LogP) is 3.49. The van der Waals surface area contributed by atoms with Gasteiger partial charge in [0.25, 0.3) is 5.69 Å². The molecule has 1 fully saturated rings. The summed E-state index contributed by atoms with van der Waals surface area (Å²) in [5.41, 5.74) is 0.251. The van der Waals surface area contributed by atoms with Gasteiger partial charge in [0.15, 0.2) is 0 Å². The number of carbonyl (C=O) groups is 1. The number of nitro benzene ring substituents is 1. The van der Waals surface area contributed by atoms with Crippen LogP contribution in [0.5, 0.6) is 0 Å². The van der Waals surface area contributed by atoms with Gasteiger partial charge in [-0.1, -0.05) is 30.7 Å². The van der Waals surface area contributed by atoms with Gasteiger partial charge in [0.1, 0.15) is 5.69 Å². The Morgan fingerprint density at radius 1 is 1.20 bits per heavy atom. The highest BCUT2D eigenvalue weighted by atomic mass is 16.6. The highest BCUT2D eigenvalue weighted by Gasteiger charge is 2.27. The molecule has 1 aliphatic rings. The van der Waals surface area contributed by atoms with Gasteiger partial charge in [-0.3, -0.25) is 14.9 Å². The van der Waals surface area contributed by atoms with Crippen molar-refractivity contribution in [1.82, 2.24) is 0 Å². The summed E-state index contributed by atoms with van der Waals surface area (Å²) < 4.78 is 0. The van der Waals surface area contributed by atoms with E-state index in [0.29, 0.717) is 5.39 Å². The first-order valence-corrected chi connectivity index (χ1v) is 6.64. The van der Waals surface area contributed by atoms with E-state index in [0.717, 1.165) is 24.6 Å². The van der Waals surface area contributed by atoms with Crippen LogP contribution in [0.25, 0.3) is 10.8 Å². The number of fused-ring (bicyclic) bond motifs is 1. The van der Waals surface area contributed by atoms with E-state index in [9.17, 15) is 14.9 Å². The molecule has 0 aliphatic heterocycles. The van der Waals surface area contributed by atoms with Crippen molar-refractivity contribution in [2.24, 2.45) is 5.92 Å². The molecule has 0 unspecified atom stereocenters. The molecule has 5 nitrogen and oxygen atoms in total. The smallest absolute Gasteiger partial charge is 0.300 e. The molecule has 5 heteroatoms. The van der Waals surface area contributed by atoms with Crippen LogP contribution in [-0.4, -0.2) is 10.8 Å². The molecule has 0 saturated heterocycles. The van der Waals surface area contributed by atoms with Gasteiger partial charge in [0, 0.05) is 5.92 Å². The number of hydrogen-bond acceptors (Lipinski definition) is 3. The normalized spacial score (nSPS) is 14.8. The second kappa shape index (κ2) is 4.92. The number of nitro groups is 1. The Hall–Kier alpha value is -2.43. The largest absolute Gasteiger partial charge is 0.320 e. The van der Waals surface area contributed by atoms with Gasteiger partial charge < -0.3 is 5.32 Å². The SMILES string of the molecule is O=C(Nc1ccc2ccccc2c1[N+](=O)[O-])C1CCC1. The highest BCUT2D eigenvalue weighted by molar-refractivity contribution is 6.02. The summed E-state index contributed by atoms with van der Waals surface area (Å²) >= 11 is 0. The van der Waals surface area contributed by atoms with Crippen LogP contribution >= 0.6 is 0 Å². The first kappa shape index (κ1) is 12.6. The Morgan fingerprint density at radius 2 is 1.95 bits per heavy atom. The Bertz CT molecular complexity index is 693. The van der Waals surface area contributed by atoms with Gasteiger partial charge in [-0.25, -0.2) is 0 Å². The van der Waals surface area contributed by atoms with E-state index >= 15 is 0 Å². The monoisotopic (exact) mass is 270 g/mol. The zero-order chi connectivity index (χ0) is 14.1. The summed E-state index contributed by atoms with van der Waals surface area (Å²) in [4.78, 5) is 22.9. The van der Waals surface area contributed by atoms with Crippen molar-refractivity contribution in [2.75, 3.05) is 5.32 Å². The van der Waals surface area contributed by atoms with Crippen LogP contribution in [0.3, 0.4) is 0 Å². The number of hydrogen-bond donors (Lipinski definition) is 1. The lowest BCUT2D eigenvalue weighted by Gasteiger charge is -2.24. The maximum Gasteiger partial charge on any atom is 0.300 e. The summed E-state index contributed by atoms with van der Waals surface area (Å²) in [6, 6.07) is 10.5. The molecule has 0 bridgehead atoms. The van der Waals surface area contributed by atoms with E-state index in [2.05, 4.69) is 5.32 Å². The summed E-state index contributed by atoms with van der Waals surface area (Å²) in [5, 5.41) is 15.4. The maximum absolute atomic E-state index is 12.0. The highest BCUT2D eigenvalue weighted by Crippen LogP contribution is 2.35. The van der Waals surface area contributed by atoms with Crippen molar-refractivity contribution in [3.8, 4) is 0 Å². The molecule has 0 heterocycles. The minimum absolute atomic E-state index is 0.000995. The average molecular weight is 270 g/mol. The quantitative estimate of drug-likeness (QED) is 0.685. The fraction of sp³-hybridized carbons (Fsp3) is 0.267. The third-order valence-electron chi connectivity index (χ3n) is 3.82. The van der Waals surface area contributed by atoms with Crippen LogP contribution in [0.4, 0.5) is 11.4 Å². The molecule has 1 saturated carbocycles.